The molecule has 2 amide bonds. The zero-order valence-corrected chi connectivity index (χ0v) is 10.7. The van der Waals surface area contributed by atoms with Crippen LogP contribution in [0.2, 0.25) is 0 Å². The van der Waals surface area contributed by atoms with Gasteiger partial charge in [-0.3, -0.25) is 0 Å². The molecule has 6 heteroatoms. The van der Waals surface area contributed by atoms with E-state index in [1.54, 1.807) is 6.92 Å². The molecule has 18 heavy (non-hydrogen) atoms. The molecule has 1 aliphatic rings. The quantitative estimate of drug-likeness (QED) is 0.583. The van der Waals surface area contributed by atoms with Gasteiger partial charge in [0.2, 0.25) is 0 Å². The summed E-state index contributed by atoms with van der Waals surface area (Å²) in [5.41, 5.74) is 0. The van der Waals surface area contributed by atoms with E-state index in [4.69, 9.17) is 10.2 Å². The number of rotatable bonds is 5. The number of aliphatic carboxylic acids is 1. The number of nitrogens with one attached hydrogen (secondary N) is 2. The van der Waals surface area contributed by atoms with Gasteiger partial charge in [-0.2, -0.15) is 0 Å². The molecule has 1 atom stereocenters. The number of aliphatic hydroxyl groups is 1. The van der Waals surface area contributed by atoms with Crippen LogP contribution in [0.3, 0.4) is 0 Å². The van der Waals surface area contributed by atoms with Crippen molar-refractivity contribution in [2.24, 2.45) is 5.92 Å². The van der Waals surface area contributed by atoms with Gasteiger partial charge < -0.3 is 20.8 Å². The molecule has 1 aliphatic carbocycles. The molecule has 1 saturated carbocycles. The number of urea groups is 1. The van der Waals surface area contributed by atoms with E-state index >= 15 is 0 Å². The Morgan fingerprint density at radius 1 is 1.28 bits per heavy atom. The second-order valence-corrected chi connectivity index (χ2v) is 4.82. The third-order valence-electron chi connectivity index (χ3n) is 3.45. The van der Waals surface area contributed by atoms with Gasteiger partial charge in [-0.15, -0.1) is 0 Å². The molecule has 4 N–H and O–H groups in total. The van der Waals surface area contributed by atoms with Crippen molar-refractivity contribution in [2.75, 3.05) is 6.61 Å². The Hall–Kier alpha value is -1.30. The van der Waals surface area contributed by atoms with Crippen LogP contribution in [0.25, 0.3) is 0 Å². The molecule has 104 valence electrons. The number of amides is 2. The third-order valence-corrected chi connectivity index (χ3v) is 3.45. The lowest BCUT2D eigenvalue weighted by atomic mass is 9.87. The summed E-state index contributed by atoms with van der Waals surface area (Å²) >= 11 is 0. The van der Waals surface area contributed by atoms with Crippen molar-refractivity contribution in [3.05, 3.63) is 0 Å². The minimum Gasteiger partial charge on any atom is -0.480 e. The lowest BCUT2D eigenvalue weighted by Crippen LogP contribution is -2.49. The molecule has 0 radical (unpaired) electrons. The molecule has 1 rings (SSSR count). The Kier molecular flexibility index (Phi) is 5.91. The van der Waals surface area contributed by atoms with Crippen LogP contribution in [-0.4, -0.2) is 40.9 Å². The molecule has 0 saturated heterocycles. The SMILES string of the molecule is CCC(NC(=O)NC1CCC(CO)CC1)C(=O)O. The smallest absolute Gasteiger partial charge is 0.326 e. The third kappa shape index (κ3) is 4.52. The number of carboxylic acid groups (broad SMARTS) is 1. The number of carboxylic acids is 1. The Morgan fingerprint density at radius 2 is 1.89 bits per heavy atom. The first-order valence-electron chi connectivity index (χ1n) is 6.47. The minimum atomic E-state index is -1.02. The molecule has 1 fully saturated rings. The molecule has 0 aromatic carbocycles. The molecule has 0 spiro atoms. The molecular weight excluding hydrogens is 236 g/mol. The molecule has 1 unspecified atom stereocenters. The summed E-state index contributed by atoms with van der Waals surface area (Å²) in [6.07, 6.45) is 3.83. The largest absolute Gasteiger partial charge is 0.480 e. The monoisotopic (exact) mass is 258 g/mol. The summed E-state index contributed by atoms with van der Waals surface area (Å²) in [5, 5.41) is 23.1. The van der Waals surface area contributed by atoms with E-state index in [2.05, 4.69) is 10.6 Å². The first-order chi connectivity index (χ1) is 8.56. The summed E-state index contributed by atoms with van der Waals surface area (Å²) in [5.74, 6) is -0.676. The van der Waals surface area contributed by atoms with Gasteiger partial charge in [0.1, 0.15) is 6.04 Å². The van der Waals surface area contributed by atoms with Gasteiger partial charge in [-0.1, -0.05) is 6.92 Å². The fraction of sp³-hybridized carbons (Fsp3) is 0.833. The molecule has 6 nitrogen and oxygen atoms in total. The molecule has 0 bridgehead atoms. The van der Waals surface area contributed by atoms with E-state index in [0.717, 1.165) is 25.7 Å². The van der Waals surface area contributed by atoms with Crippen LogP contribution in [0.4, 0.5) is 4.79 Å². The van der Waals surface area contributed by atoms with Crippen LogP contribution in [0.1, 0.15) is 39.0 Å². The lowest BCUT2D eigenvalue weighted by molar-refractivity contribution is -0.139. The van der Waals surface area contributed by atoms with Crippen LogP contribution >= 0.6 is 0 Å². The summed E-state index contributed by atoms with van der Waals surface area (Å²) in [4.78, 5) is 22.4. The van der Waals surface area contributed by atoms with Gasteiger partial charge in [0.05, 0.1) is 0 Å². The van der Waals surface area contributed by atoms with Crippen LogP contribution < -0.4 is 10.6 Å². The first-order valence-corrected chi connectivity index (χ1v) is 6.47. The predicted octanol–water partition coefficient (Wildman–Crippen LogP) is 0.700. The topological polar surface area (TPSA) is 98.7 Å². The van der Waals surface area contributed by atoms with Crippen molar-refractivity contribution < 1.29 is 19.8 Å². The van der Waals surface area contributed by atoms with Crippen molar-refractivity contribution in [1.82, 2.24) is 10.6 Å². The number of hydrogen-bond acceptors (Lipinski definition) is 3. The van der Waals surface area contributed by atoms with Crippen molar-refractivity contribution in [2.45, 2.75) is 51.1 Å². The van der Waals surface area contributed by atoms with Crippen LogP contribution in [-0.2, 0) is 4.79 Å². The fourth-order valence-electron chi connectivity index (χ4n) is 2.21. The van der Waals surface area contributed by atoms with Gasteiger partial charge >= 0.3 is 12.0 Å². The maximum absolute atomic E-state index is 11.6. The number of carbonyl (C=O) groups is 2. The fourth-order valence-corrected chi connectivity index (χ4v) is 2.21. The van der Waals surface area contributed by atoms with E-state index in [9.17, 15) is 9.59 Å². The zero-order chi connectivity index (χ0) is 13.5. The highest BCUT2D eigenvalue weighted by Crippen LogP contribution is 2.23. The Morgan fingerprint density at radius 3 is 2.33 bits per heavy atom. The molecule has 0 heterocycles. The molecular formula is C12H22N2O4. The summed E-state index contributed by atoms with van der Waals surface area (Å²) in [6.45, 7) is 1.92. The second kappa shape index (κ2) is 7.20. The average molecular weight is 258 g/mol. The number of aliphatic hydroxyl groups excluding tert-OH is 1. The average Bonchev–Trinajstić information content (AvgIpc) is 2.36. The lowest BCUT2D eigenvalue weighted by Gasteiger charge is -2.28. The molecule has 0 aromatic heterocycles. The van der Waals surface area contributed by atoms with E-state index in [-0.39, 0.29) is 12.6 Å². The van der Waals surface area contributed by atoms with Gasteiger partial charge in [0.25, 0.3) is 0 Å². The highest BCUT2D eigenvalue weighted by Gasteiger charge is 2.23. The van der Waals surface area contributed by atoms with Gasteiger partial charge in [0.15, 0.2) is 0 Å². The zero-order valence-electron chi connectivity index (χ0n) is 10.7. The van der Waals surface area contributed by atoms with E-state index in [1.165, 1.54) is 0 Å². The normalized spacial score (nSPS) is 25.2. The Bertz CT molecular complexity index is 288. The Balaban J connectivity index is 2.30. The van der Waals surface area contributed by atoms with E-state index in [1.807, 2.05) is 0 Å². The van der Waals surface area contributed by atoms with Crippen molar-refractivity contribution in [1.29, 1.82) is 0 Å². The van der Waals surface area contributed by atoms with Crippen molar-refractivity contribution in [3.63, 3.8) is 0 Å². The maximum atomic E-state index is 11.6. The summed E-state index contributed by atoms with van der Waals surface area (Å²) < 4.78 is 0. The van der Waals surface area contributed by atoms with Gasteiger partial charge in [-0.05, 0) is 38.0 Å². The highest BCUT2D eigenvalue weighted by molar-refractivity contribution is 5.82. The number of carbonyl (C=O) groups excluding carboxylic acids is 1. The minimum absolute atomic E-state index is 0.0825. The van der Waals surface area contributed by atoms with Crippen molar-refractivity contribution >= 4 is 12.0 Å². The van der Waals surface area contributed by atoms with E-state index in [0.29, 0.717) is 12.3 Å². The summed E-state index contributed by atoms with van der Waals surface area (Å²) in [6, 6.07) is -1.17. The maximum Gasteiger partial charge on any atom is 0.326 e. The van der Waals surface area contributed by atoms with Crippen LogP contribution in [0.5, 0.6) is 0 Å². The van der Waals surface area contributed by atoms with Crippen molar-refractivity contribution in [3.8, 4) is 0 Å². The standard InChI is InChI=1S/C12H22N2O4/c1-2-10(11(16)17)14-12(18)13-9-5-3-8(7-15)4-6-9/h8-10,15H,2-7H2,1H3,(H,16,17)(H2,13,14,18). The first kappa shape index (κ1) is 14.8. The second-order valence-electron chi connectivity index (χ2n) is 4.82. The van der Waals surface area contributed by atoms with Gasteiger partial charge in [-0.25, -0.2) is 9.59 Å². The summed E-state index contributed by atoms with van der Waals surface area (Å²) in [7, 11) is 0. The van der Waals surface area contributed by atoms with Crippen LogP contribution in [0, 0.1) is 5.92 Å². The highest BCUT2D eigenvalue weighted by atomic mass is 16.4. The Labute approximate surface area is 107 Å². The number of hydrogen-bond donors (Lipinski definition) is 4. The van der Waals surface area contributed by atoms with E-state index < -0.39 is 18.0 Å². The van der Waals surface area contributed by atoms with Gasteiger partial charge in [0, 0.05) is 12.6 Å². The van der Waals surface area contributed by atoms with Crippen LogP contribution in [0.15, 0.2) is 0 Å². The molecule has 0 aromatic rings. The molecule has 0 aliphatic heterocycles. The predicted molar refractivity (Wildman–Crippen MR) is 66.2 cm³/mol.